The number of aliphatic hydroxyl groups is 1. The second-order valence-electron chi connectivity index (χ2n) is 10.0. The Hall–Kier alpha value is -1.57. The Balaban J connectivity index is 2.35. The van der Waals surface area contributed by atoms with Gasteiger partial charge in [-0.05, 0) is 62.6 Å². The van der Waals surface area contributed by atoms with Crippen LogP contribution in [0.4, 0.5) is 5.69 Å². The number of anilines is 1. The molecule has 1 aromatic rings. The van der Waals surface area contributed by atoms with Gasteiger partial charge in [0.15, 0.2) is 0 Å². The fraction of sp³-hybridized carbons (Fsp3) is 0.714. The Kier molecular flexibility index (Phi) is 15.3. The summed E-state index contributed by atoms with van der Waals surface area (Å²) in [5.41, 5.74) is 6.80. The topological polar surface area (TPSA) is 81.7 Å². The Morgan fingerprint density at radius 1 is 0.971 bits per heavy atom. The van der Waals surface area contributed by atoms with E-state index >= 15 is 0 Å². The van der Waals surface area contributed by atoms with Gasteiger partial charge in [-0.2, -0.15) is 0 Å². The van der Waals surface area contributed by atoms with Gasteiger partial charge in [0.2, 0.25) is 5.91 Å². The molecule has 1 aromatic carbocycles. The molecule has 0 aliphatic rings. The molecule has 0 radical (unpaired) electrons. The second-order valence-corrected chi connectivity index (χ2v) is 11.6. The molecule has 0 heterocycles. The van der Waals surface area contributed by atoms with Crippen LogP contribution in [0.2, 0.25) is 0 Å². The second kappa shape index (κ2) is 17.0. The van der Waals surface area contributed by atoms with Crippen LogP contribution in [0, 0.1) is 20.8 Å². The predicted molar refractivity (Wildman–Crippen MR) is 150 cm³/mol. The van der Waals surface area contributed by atoms with E-state index in [0.29, 0.717) is 0 Å². The molecule has 0 fully saturated rings. The first-order valence-electron chi connectivity index (χ1n) is 13.3. The minimum atomic E-state index is -0.936. The molecule has 0 aliphatic heterocycles. The van der Waals surface area contributed by atoms with Crippen LogP contribution in [0.1, 0.15) is 94.7 Å². The number of benzene rings is 1. The highest BCUT2D eigenvalue weighted by molar-refractivity contribution is 8.01. The molecule has 6 nitrogen and oxygen atoms in total. The van der Waals surface area contributed by atoms with E-state index in [1.165, 1.54) is 68.1 Å². The van der Waals surface area contributed by atoms with Crippen molar-refractivity contribution in [2.45, 2.75) is 104 Å². The summed E-state index contributed by atoms with van der Waals surface area (Å²) in [4.78, 5) is 25.4. The van der Waals surface area contributed by atoms with Gasteiger partial charge in [-0.15, -0.1) is 11.8 Å². The number of hydrogen-bond donors (Lipinski definition) is 3. The molecule has 1 unspecified atom stereocenters. The quantitative estimate of drug-likeness (QED) is 0.170. The van der Waals surface area contributed by atoms with Crippen LogP contribution < -0.4 is 10.7 Å². The molecule has 1 atom stereocenters. The number of carbonyl (C=O) groups excluding carboxylic acids is 2. The third-order valence-corrected chi connectivity index (χ3v) is 7.90. The number of likely N-dealkylation sites (N-methyl/N-ethyl adjacent to an activating group) is 1. The van der Waals surface area contributed by atoms with E-state index in [-0.39, 0.29) is 25.0 Å². The van der Waals surface area contributed by atoms with E-state index in [1.807, 2.05) is 26.8 Å². The molecule has 0 aliphatic carbocycles. The number of thioether (sulfide) groups is 1. The van der Waals surface area contributed by atoms with Gasteiger partial charge < -0.3 is 10.4 Å². The number of hydrazine groups is 1. The van der Waals surface area contributed by atoms with Gasteiger partial charge in [0, 0.05) is 12.7 Å². The average molecular weight is 508 g/mol. The van der Waals surface area contributed by atoms with Crippen LogP contribution >= 0.6 is 11.8 Å². The van der Waals surface area contributed by atoms with Crippen LogP contribution in [-0.4, -0.2) is 52.6 Å². The van der Waals surface area contributed by atoms with Gasteiger partial charge >= 0.3 is 0 Å². The molecule has 7 heteroatoms. The number of nitrogens with zero attached hydrogens (tertiary/aromatic N) is 1. The van der Waals surface area contributed by atoms with Crippen molar-refractivity contribution in [3.63, 3.8) is 0 Å². The number of amides is 2. The number of aryl methyl sites for hydroxylation is 2. The molecule has 0 saturated heterocycles. The average Bonchev–Trinajstić information content (AvgIpc) is 2.80. The minimum Gasteiger partial charge on any atom is -0.394 e. The van der Waals surface area contributed by atoms with E-state index in [1.54, 1.807) is 14.0 Å². The summed E-state index contributed by atoms with van der Waals surface area (Å²) < 4.78 is -0.936. The molecular weight excluding hydrogens is 458 g/mol. The van der Waals surface area contributed by atoms with Crippen LogP contribution in [0.3, 0.4) is 0 Å². The van der Waals surface area contributed by atoms with Gasteiger partial charge in [0.25, 0.3) is 5.91 Å². The zero-order chi connectivity index (χ0) is 26.3. The first-order chi connectivity index (χ1) is 16.6. The SMILES string of the molecule is CCCCCCCCCCCCSC(C)(CO)C(=O)NN(C)CC(=O)Nc1cc(C)cc(C)c1C. The number of unbranched alkanes of at least 4 members (excludes halogenated alkanes) is 9. The molecule has 2 amide bonds. The molecule has 3 N–H and O–H groups in total. The largest absolute Gasteiger partial charge is 0.394 e. The summed E-state index contributed by atoms with van der Waals surface area (Å²) in [6.45, 7) is 9.77. The molecule has 0 saturated carbocycles. The maximum atomic E-state index is 12.8. The number of rotatable bonds is 18. The van der Waals surface area contributed by atoms with Crippen molar-refractivity contribution in [3.8, 4) is 0 Å². The van der Waals surface area contributed by atoms with Gasteiger partial charge in [-0.25, -0.2) is 5.01 Å². The number of hydrogen-bond acceptors (Lipinski definition) is 5. The number of carbonyl (C=O) groups is 2. The minimum absolute atomic E-state index is 0.0167. The monoisotopic (exact) mass is 507 g/mol. The Bertz CT molecular complexity index is 787. The van der Waals surface area contributed by atoms with Gasteiger partial charge in [-0.3, -0.25) is 15.0 Å². The molecule has 0 spiro atoms. The van der Waals surface area contributed by atoms with E-state index in [4.69, 9.17) is 0 Å². The van der Waals surface area contributed by atoms with Crippen LogP contribution in [0.25, 0.3) is 0 Å². The highest BCUT2D eigenvalue weighted by atomic mass is 32.2. The first-order valence-corrected chi connectivity index (χ1v) is 14.3. The third kappa shape index (κ3) is 12.3. The Labute approximate surface area is 218 Å². The van der Waals surface area contributed by atoms with Crippen molar-refractivity contribution >= 4 is 29.3 Å². The van der Waals surface area contributed by atoms with Crippen molar-refractivity contribution < 1.29 is 14.7 Å². The van der Waals surface area contributed by atoms with Gasteiger partial charge in [-0.1, -0.05) is 70.8 Å². The van der Waals surface area contributed by atoms with Gasteiger partial charge in [0.05, 0.1) is 13.2 Å². The molecule has 35 heavy (non-hydrogen) atoms. The van der Waals surface area contributed by atoms with Crippen molar-refractivity contribution in [1.82, 2.24) is 10.4 Å². The van der Waals surface area contributed by atoms with E-state index in [9.17, 15) is 14.7 Å². The molecular formula is C28H49N3O3S. The molecule has 200 valence electrons. The fourth-order valence-electron chi connectivity index (χ4n) is 3.98. The Morgan fingerprint density at radius 3 is 2.11 bits per heavy atom. The van der Waals surface area contributed by atoms with E-state index in [0.717, 1.165) is 41.0 Å². The van der Waals surface area contributed by atoms with Crippen LogP contribution in [-0.2, 0) is 9.59 Å². The summed E-state index contributed by atoms with van der Waals surface area (Å²) in [6, 6.07) is 4.03. The smallest absolute Gasteiger partial charge is 0.252 e. The number of nitrogens with one attached hydrogen (secondary N) is 2. The van der Waals surface area contributed by atoms with Crippen molar-refractivity contribution in [3.05, 3.63) is 28.8 Å². The normalized spacial score (nSPS) is 13.0. The fourth-order valence-corrected chi connectivity index (χ4v) is 5.04. The zero-order valence-electron chi connectivity index (χ0n) is 23.0. The van der Waals surface area contributed by atoms with Crippen molar-refractivity contribution in [2.24, 2.45) is 0 Å². The van der Waals surface area contributed by atoms with E-state index < -0.39 is 4.75 Å². The summed E-state index contributed by atoms with van der Waals surface area (Å²) in [6.07, 6.45) is 12.7. The van der Waals surface area contributed by atoms with Crippen molar-refractivity contribution in [1.29, 1.82) is 0 Å². The Morgan fingerprint density at radius 2 is 1.54 bits per heavy atom. The zero-order valence-corrected chi connectivity index (χ0v) is 23.8. The van der Waals surface area contributed by atoms with E-state index in [2.05, 4.69) is 23.7 Å². The lowest BCUT2D eigenvalue weighted by Gasteiger charge is -2.28. The summed E-state index contributed by atoms with van der Waals surface area (Å²) in [5.74, 6) is 0.344. The highest BCUT2D eigenvalue weighted by Crippen LogP contribution is 2.26. The summed E-state index contributed by atoms with van der Waals surface area (Å²) >= 11 is 1.49. The standard InChI is InChI=1S/C28H49N3O3S/c1-7-8-9-10-11-12-13-14-15-16-17-35-28(5,21-32)27(34)30-31(6)20-26(33)29-25-19-22(2)18-23(3)24(25)4/h18-19,32H,7-17,20-21H2,1-6H3,(H,29,33)(H,30,34). The van der Waals surface area contributed by atoms with Crippen LogP contribution in [0.5, 0.6) is 0 Å². The summed E-state index contributed by atoms with van der Waals surface area (Å²) in [7, 11) is 1.66. The highest BCUT2D eigenvalue weighted by Gasteiger charge is 2.33. The molecule has 0 aromatic heterocycles. The van der Waals surface area contributed by atoms with Crippen molar-refractivity contribution in [2.75, 3.05) is 31.3 Å². The lowest BCUT2D eigenvalue weighted by atomic mass is 10.0. The maximum Gasteiger partial charge on any atom is 0.252 e. The maximum absolute atomic E-state index is 12.8. The lowest BCUT2D eigenvalue weighted by molar-refractivity contribution is -0.129. The number of aliphatic hydroxyl groups excluding tert-OH is 1. The molecule has 0 bridgehead atoms. The predicted octanol–water partition coefficient (Wildman–Crippen LogP) is 5.92. The third-order valence-electron chi connectivity index (χ3n) is 6.46. The molecule has 1 rings (SSSR count). The first kappa shape index (κ1) is 31.5. The lowest BCUT2D eigenvalue weighted by Crippen LogP contribution is -2.52. The van der Waals surface area contributed by atoms with Crippen LogP contribution in [0.15, 0.2) is 12.1 Å². The van der Waals surface area contributed by atoms with Gasteiger partial charge in [0.1, 0.15) is 4.75 Å². The summed E-state index contributed by atoms with van der Waals surface area (Å²) in [5, 5.41) is 14.3.